The highest BCUT2D eigenvalue weighted by Gasteiger charge is 2.25. The van der Waals surface area contributed by atoms with E-state index in [4.69, 9.17) is 18.9 Å². The maximum Gasteiger partial charge on any atom is 0.309 e. The highest BCUT2D eigenvalue weighted by Crippen LogP contribution is 2.25. The van der Waals surface area contributed by atoms with Gasteiger partial charge in [-0.05, 0) is 46.5 Å². The average molecular weight is 399 g/mol. The van der Waals surface area contributed by atoms with Crippen molar-refractivity contribution in [3.8, 4) is 0 Å². The van der Waals surface area contributed by atoms with E-state index in [0.29, 0.717) is 0 Å². The van der Waals surface area contributed by atoms with Crippen LogP contribution in [0.2, 0.25) is 0 Å². The molecule has 0 aromatic rings. The molecule has 2 saturated carbocycles. The smallest absolute Gasteiger partial charge is 0.309 e. The van der Waals surface area contributed by atoms with Gasteiger partial charge in [-0.15, -0.1) is 0 Å². The van der Waals surface area contributed by atoms with Gasteiger partial charge in [0.2, 0.25) is 0 Å². The van der Waals surface area contributed by atoms with E-state index < -0.39 is 6.29 Å². The van der Waals surface area contributed by atoms with Crippen LogP contribution < -0.4 is 0 Å². The molecule has 6 heteroatoms. The van der Waals surface area contributed by atoms with E-state index in [1.807, 2.05) is 13.8 Å². The van der Waals surface area contributed by atoms with E-state index in [1.165, 1.54) is 12.8 Å². The van der Waals surface area contributed by atoms with Crippen LogP contribution in [-0.2, 0) is 28.5 Å². The normalized spacial score (nSPS) is 22.2. The van der Waals surface area contributed by atoms with Crippen LogP contribution in [0.4, 0.5) is 0 Å². The zero-order valence-corrected chi connectivity index (χ0v) is 17.8. The second-order valence-corrected chi connectivity index (χ2v) is 8.39. The Balaban J connectivity index is 1.57. The van der Waals surface area contributed by atoms with E-state index in [0.717, 1.165) is 51.4 Å². The fourth-order valence-electron chi connectivity index (χ4n) is 4.08. The zero-order chi connectivity index (χ0) is 20.4. The van der Waals surface area contributed by atoms with E-state index in [9.17, 15) is 9.59 Å². The summed E-state index contributed by atoms with van der Waals surface area (Å²) < 4.78 is 22.3. The number of hydrogen-bond acceptors (Lipinski definition) is 6. The van der Waals surface area contributed by atoms with Crippen LogP contribution in [0.15, 0.2) is 0 Å². The zero-order valence-electron chi connectivity index (χ0n) is 17.8. The van der Waals surface area contributed by atoms with Crippen molar-refractivity contribution in [2.24, 2.45) is 11.8 Å². The maximum absolute atomic E-state index is 12.1. The van der Waals surface area contributed by atoms with Gasteiger partial charge in [0.1, 0.15) is 13.2 Å². The SMILES string of the molecule is CC(COC(=O)C1CCCCC1)OC(C)OC(C)COC(=O)C1CCCCC1. The number of carbonyl (C=O) groups is 2. The van der Waals surface area contributed by atoms with Gasteiger partial charge in [-0.2, -0.15) is 0 Å². The average Bonchev–Trinajstić information content (AvgIpc) is 2.71. The molecule has 2 atom stereocenters. The third-order valence-electron chi connectivity index (χ3n) is 5.65. The molecule has 2 rings (SSSR count). The Morgan fingerprint density at radius 1 is 0.679 bits per heavy atom. The third kappa shape index (κ3) is 8.48. The molecule has 0 heterocycles. The molecular weight excluding hydrogens is 360 g/mol. The van der Waals surface area contributed by atoms with E-state index >= 15 is 0 Å². The quantitative estimate of drug-likeness (QED) is 0.401. The van der Waals surface area contributed by atoms with Crippen molar-refractivity contribution in [1.82, 2.24) is 0 Å². The van der Waals surface area contributed by atoms with Crippen molar-refractivity contribution in [2.75, 3.05) is 13.2 Å². The predicted molar refractivity (Wildman–Crippen MR) is 106 cm³/mol. The summed E-state index contributed by atoms with van der Waals surface area (Å²) in [5, 5.41) is 0. The second-order valence-electron chi connectivity index (χ2n) is 8.39. The summed E-state index contributed by atoms with van der Waals surface area (Å²) in [4.78, 5) is 24.2. The summed E-state index contributed by atoms with van der Waals surface area (Å²) in [6.45, 7) is 5.99. The van der Waals surface area contributed by atoms with Gasteiger partial charge in [-0.3, -0.25) is 9.59 Å². The van der Waals surface area contributed by atoms with Gasteiger partial charge < -0.3 is 18.9 Å². The first kappa shape index (κ1) is 23.1. The number of esters is 2. The Bertz CT molecular complexity index is 426. The molecule has 28 heavy (non-hydrogen) atoms. The molecule has 2 unspecified atom stereocenters. The van der Waals surface area contributed by atoms with Gasteiger partial charge in [0.25, 0.3) is 0 Å². The highest BCUT2D eigenvalue weighted by atomic mass is 16.7. The largest absolute Gasteiger partial charge is 0.463 e. The van der Waals surface area contributed by atoms with E-state index in [1.54, 1.807) is 6.92 Å². The minimum absolute atomic E-state index is 0.0495. The topological polar surface area (TPSA) is 71.1 Å². The second kappa shape index (κ2) is 12.4. The van der Waals surface area contributed by atoms with Crippen LogP contribution in [0.3, 0.4) is 0 Å². The van der Waals surface area contributed by atoms with Gasteiger partial charge in [-0.1, -0.05) is 38.5 Å². The lowest BCUT2D eigenvalue weighted by Gasteiger charge is -2.25. The van der Waals surface area contributed by atoms with Gasteiger partial charge in [0.05, 0.1) is 24.0 Å². The number of rotatable bonds is 10. The molecule has 2 aliphatic carbocycles. The highest BCUT2D eigenvalue weighted by molar-refractivity contribution is 5.72. The number of hydrogen-bond donors (Lipinski definition) is 0. The molecule has 0 saturated heterocycles. The van der Waals surface area contributed by atoms with Crippen molar-refractivity contribution in [3.63, 3.8) is 0 Å². The molecule has 2 aliphatic rings. The molecule has 0 N–H and O–H groups in total. The van der Waals surface area contributed by atoms with E-state index in [-0.39, 0.29) is 49.2 Å². The fourth-order valence-corrected chi connectivity index (χ4v) is 4.08. The summed E-state index contributed by atoms with van der Waals surface area (Å²) in [6, 6.07) is 0. The fraction of sp³-hybridized carbons (Fsp3) is 0.909. The molecular formula is C22H38O6. The maximum atomic E-state index is 12.1. The van der Waals surface area contributed by atoms with Gasteiger partial charge in [-0.25, -0.2) is 0 Å². The molecule has 0 bridgehead atoms. The van der Waals surface area contributed by atoms with Crippen molar-refractivity contribution in [1.29, 1.82) is 0 Å². The summed E-state index contributed by atoms with van der Waals surface area (Å²) in [6.07, 6.45) is 9.65. The molecule has 2 fully saturated rings. The monoisotopic (exact) mass is 398 g/mol. The molecule has 6 nitrogen and oxygen atoms in total. The summed E-state index contributed by atoms with van der Waals surface area (Å²) >= 11 is 0. The molecule has 0 aromatic carbocycles. The Kier molecular flexibility index (Phi) is 10.3. The molecule has 0 aromatic heterocycles. The minimum Gasteiger partial charge on any atom is -0.463 e. The summed E-state index contributed by atoms with van der Waals surface area (Å²) in [7, 11) is 0. The lowest BCUT2D eigenvalue weighted by Crippen LogP contribution is -2.31. The van der Waals surface area contributed by atoms with E-state index in [2.05, 4.69) is 0 Å². The predicted octanol–water partition coefficient (Wildman–Crippen LogP) is 4.39. The number of ether oxygens (including phenoxy) is 4. The third-order valence-corrected chi connectivity index (χ3v) is 5.65. The molecule has 0 amide bonds. The molecule has 0 spiro atoms. The van der Waals surface area contributed by atoms with Crippen LogP contribution in [0.1, 0.15) is 85.0 Å². The van der Waals surface area contributed by atoms with Crippen molar-refractivity contribution < 1.29 is 28.5 Å². The van der Waals surface area contributed by atoms with Gasteiger partial charge in [0, 0.05) is 0 Å². The lowest BCUT2D eigenvalue weighted by atomic mass is 9.89. The first-order chi connectivity index (χ1) is 13.5. The van der Waals surface area contributed by atoms with Crippen LogP contribution in [0, 0.1) is 11.8 Å². The Labute approximate surface area is 169 Å². The molecule has 0 aliphatic heterocycles. The Morgan fingerprint density at radius 3 is 1.39 bits per heavy atom. The van der Waals surface area contributed by atoms with Crippen LogP contribution >= 0.6 is 0 Å². The standard InChI is InChI=1S/C22H38O6/c1-16(14-25-21(23)19-10-6-4-7-11-19)27-18(3)28-17(2)15-26-22(24)20-12-8-5-9-13-20/h16-20H,4-15H2,1-3H3. The first-order valence-corrected chi connectivity index (χ1v) is 11.1. The first-order valence-electron chi connectivity index (χ1n) is 11.1. The summed E-state index contributed by atoms with van der Waals surface area (Å²) in [5.74, 6) is -0.111. The number of carbonyl (C=O) groups excluding carboxylic acids is 2. The van der Waals surface area contributed by atoms with Gasteiger partial charge >= 0.3 is 11.9 Å². The Hall–Kier alpha value is -1.14. The van der Waals surface area contributed by atoms with Crippen molar-refractivity contribution in [2.45, 2.75) is 103 Å². The Morgan fingerprint density at radius 2 is 1.04 bits per heavy atom. The minimum atomic E-state index is -0.466. The van der Waals surface area contributed by atoms with Crippen LogP contribution in [-0.4, -0.2) is 43.7 Å². The molecule has 0 radical (unpaired) electrons. The van der Waals surface area contributed by atoms with Gasteiger partial charge in [0.15, 0.2) is 6.29 Å². The lowest BCUT2D eigenvalue weighted by molar-refractivity contribution is -0.200. The van der Waals surface area contributed by atoms with Crippen LogP contribution in [0.25, 0.3) is 0 Å². The van der Waals surface area contributed by atoms with Crippen molar-refractivity contribution >= 4 is 11.9 Å². The van der Waals surface area contributed by atoms with Crippen molar-refractivity contribution in [3.05, 3.63) is 0 Å². The summed E-state index contributed by atoms with van der Waals surface area (Å²) in [5.41, 5.74) is 0. The van der Waals surface area contributed by atoms with Crippen LogP contribution in [0.5, 0.6) is 0 Å². The molecule has 162 valence electrons.